The Bertz CT molecular complexity index is 889. The number of primary sulfonamides is 1. The fourth-order valence-corrected chi connectivity index (χ4v) is 3.97. The zero-order valence-corrected chi connectivity index (χ0v) is 14.0. The Kier molecular flexibility index (Phi) is 4.61. The van der Waals surface area contributed by atoms with Crippen LogP contribution in [0, 0.1) is 0 Å². The minimum atomic E-state index is -4.69. The van der Waals surface area contributed by atoms with Crippen molar-refractivity contribution in [2.75, 3.05) is 13.1 Å². The summed E-state index contributed by atoms with van der Waals surface area (Å²) in [5.74, 6) is 0.191. The van der Waals surface area contributed by atoms with E-state index in [-0.39, 0.29) is 11.5 Å². The molecule has 2 aromatic carbocycles. The van der Waals surface area contributed by atoms with Crippen molar-refractivity contribution in [2.45, 2.75) is 23.4 Å². The molecule has 0 aromatic heterocycles. The Morgan fingerprint density at radius 3 is 2.44 bits per heavy atom. The first-order valence-electron chi connectivity index (χ1n) is 7.72. The summed E-state index contributed by atoms with van der Waals surface area (Å²) in [5.41, 5.74) is -0.341. The van der Waals surface area contributed by atoms with Crippen LogP contribution in [0.4, 0.5) is 13.2 Å². The highest BCUT2D eigenvalue weighted by Crippen LogP contribution is 2.41. The molecule has 4 nitrogen and oxygen atoms in total. The minimum absolute atomic E-state index is 0.191. The summed E-state index contributed by atoms with van der Waals surface area (Å²) in [4.78, 5) is -0.524. The Balaban J connectivity index is 2.23. The molecular weight excluding hydrogens is 353 g/mol. The van der Waals surface area contributed by atoms with Gasteiger partial charge in [-0.15, -0.1) is 0 Å². The third kappa shape index (κ3) is 3.70. The predicted octanol–water partition coefficient (Wildman–Crippen LogP) is 3.10. The van der Waals surface area contributed by atoms with Gasteiger partial charge in [0.1, 0.15) is 0 Å². The highest BCUT2D eigenvalue weighted by molar-refractivity contribution is 7.89. The van der Waals surface area contributed by atoms with Crippen molar-refractivity contribution >= 4 is 10.0 Å². The predicted molar refractivity (Wildman–Crippen MR) is 88.5 cm³/mol. The molecular formula is C17H17F3N2O2S. The zero-order valence-electron chi connectivity index (χ0n) is 13.2. The number of sulfonamides is 1. The molecule has 3 N–H and O–H groups in total. The molecule has 0 radical (unpaired) electrons. The van der Waals surface area contributed by atoms with E-state index in [9.17, 15) is 21.6 Å². The number of rotatable bonds is 3. The second-order valence-corrected chi connectivity index (χ2v) is 7.57. The first-order valence-corrected chi connectivity index (χ1v) is 9.26. The van der Waals surface area contributed by atoms with Crippen LogP contribution in [0.3, 0.4) is 0 Å². The van der Waals surface area contributed by atoms with E-state index < -0.39 is 32.2 Å². The van der Waals surface area contributed by atoms with E-state index in [2.05, 4.69) is 5.32 Å². The van der Waals surface area contributed by atoms with E-state index in [0.717, 1.165) is 43.3 Å². The summed E-state index contributed by atoms with van der Waals surface area (Å²) in [6, 6.07) is 9.60. The Morgan fingerprint density at radius 1 is 1.12 bits per heavy atom. The normalized spacial score (nSPS) is 18.5. The lowest BCUT2D eigenvalue weighted by Crippen LogP contribution is -2.17. The molecule has 0 saturated carbocycles. The maximum absolute atomic E-state index is 13.5. The third-order valence-corrected chi connectivity index (χ3v) is 5.30. The van der Waals surface area contributed by atoms with Crippen LogP contribution in [-0.4, -0.2) is 21.5 Å². The average Bonchev–Trinajstić information content (AvgIpc) is 3.07. The molecule has 0 amide bonds. The van der Waals surface area contributed by atoms with Crippen LogP contribution in [0.1, 0.15) is 23.5 Å². The highest BCUT2D eigenvalue weighted by atomic mass is 32.2. The van der Waals surface area contributed by atoms with E-state index in [1.54, 1.807) is 12.1 Å². The Hall–Kier alpha value is -1.90. The van der Waals surface area contributed by atoms with Gasteiger partial charge in [0, 0.05) is 12.1 Å². The van der Waals surface area contributed by atoms with Gasteiger partial charge in [-0.05, 0) is 42.1 Å². The smallest absolute Gasteiger partial charge is 0.316 e. The fourth-order valence-electron chi connectivity index (χ4n) is 3.19. The molecule has 0 aliphatic carbocycles. The summed E-state index contributed by atoms with van der Waals surface area (Å²) in [6.07, 6.45) is -3.81. The molecule has 8 heteroatoms. The first kappa shape index (κ1) is 17.9. The lowest BCUT2D eigenvalue weighted by Gasteiger charge is -2.18. The number of benzene rings is 2. The molecule has 0 bridgehead atoms. The monoisotopic (exact) mass is 370 g/mol. The topological polar surface area (TPSA) is 72.2 Å². The summed E-state index contributed by atoms with van der Waals surface area (Å²) < 4.78 is 64.1. The first-order chi connectivity index (χ1) is 11.7. The van der Waals surface area contributed by atoms with Crippen LogP contribution in [0.25, 0.3) is 11.1 Å². The van der Waals surface area contributed by atoms with Crippen molar-refractivity contribution < 1.29 is 21.6 Å². The summed E-state index contributed by atoms with van der Waals surface area (Å²) in [6.45, 7) is 1.59. The van der Waals surface area contributed by atoms with Gasteiger partial charge in [0.15, 0.2) is 0 Å². The van der Waals surface area contributed by atoms with E-state index in [4.69, 9.17) is 5.14 Å². The van der Waals surface area contributed by atoms with Gasteiger partial charge in [-0.2, -0.15) is 13.2 Å². The van der Waals surface area contributed by atoms with Crippen LogP contribution >= 0.6 is 0 Å². The average molecular weight is 370 g/mol. The van der Waals surface area contributed by atoms with Gasteiger partial charge in [-0.3, -0.25) is 0 Å². The second kappa shape index (κ2) is 6.44. The standard InChI is InChI=1S/C17H17F3N2O2S/c18-17(19,20)14-5-2-6-15(25(21,23)24)16(14)12-4-1-3-11(9-12)13-7-8-22-10-13/h1-6,9,13,22H,7-8,10H2,(H2,21,23,24)/t13-/m0/s1. The maximum Gasteiger partial charge on any atom is 0.417 e. The molecule has 2 aromatic rings. The third-order valence-electron chi connectivity index (χ3n) is 4.35. The quantitative estimate of drug-likeness (QED) is 0.872. The van der Waals surface area contributed by atoms with Gasteiger partial charge in [0.05, 0.1) is 10.5 Å². The molecule has 134 valence electrons. The van der Waals surface area contributed by atoms with Gasteiger partial charge in [-0.25, -0.2) is 13.6 Å². The van der Waals surface area contributed by atoms with Crippen molar-refractivity contribution in [3.05, 3.63) is 53.6 Å². The van der Waals surface area contributed by atoms with Crippen LogP contribution in [0.2, 0.25) is 0 Å². The SMILES string of the molecule is NS(=O)(=O)c1cccc(C(F)(F)F)c1-c1cccc([C@H]2CCNC2)c1. The molecule has 1 fully saturated rings. The zero-order chi connectivity index (χ0) is 18.2. The number of hydrogen-bond acceptors (Lipinski definition) is 3. The van der Waals surface area contributed by atoms with E-state index >= 15 is 0 Å². The summed E-state index contributed by atoms with van der Waals surface area (Å²) in [5, 5.41) is 8.37. The molecule has 1 atom stereocenters. The molecule has 3 rings (SSSR count). The van der Waals surface area contributed by atoms with E-state index in [1.807, 2.05) is 6.07 Å². The number of nitrogens with one attached hydrogen (secondary N) is 1. The lowest BCUT2D eigenvalue weighted by atomic mass is 9.92. The molecule has 1 saturated heterocycles. The van der Waals surface area contributed by atoms with Crippen LogP contribution in [0.5, 0.6) is 0 Å². The molecule has 1 heterocycles. The molecule has 0 spiro atoms. The molecule has 25 heavy (non-hydrogen) atoms. The van der Waals surface area contributed by atoms with Crippen molar-refractivity contribution in [3.8, 4) is 11.1 Å². The lowest BCUT2D eigenvalue weighted by molar-refractivity contribution is -0.137. The summed E-state index contributed by atoms with van der Waals surface area (Å²) >= 11 is 0. The molecule has 1 aliphatic rings. The van der Waals surface area contributed by atoms with Crippen molar-refractivity contribution in [2.24, 2.45) is 5.14 Å². The number of hydrogen-bond donors (Lipinski definition) is 2. The van der Waals surface area contributed by atoms with Crippen LogP contribution in [0.15, 0.2) is 47.4 Å². The number of alkyl halides is 3. The van der Waals surface area contributed by atoms with Gasteiger partial charge in [0.25, 0.3) is 0 Å². The molecule has 0 unspecified atom stereocenters. The number of nitrogens with two attached hydrogens (primary N) is 1. The van der Waals surface area contributed by atoms with Gasteiger partial charge < -0.3 is 5.32 Å². The summed E-state index contributed by atoms with van der Waals surface area (Å²) in [7, 11) is -4.31. The largest absolute Gasteiger partial charge is 0.417 e. The van der Waals surface area contributed by atoms with Gasteiger partial charge >= 0.3 is 6.18 Å². The Labute approximate surface area is 143 Å². The fraction of sp³-hybridized carbons (Fsp3) is 0.294. The maximum atomic E-state index is 13.5. The van der Waals surface area contributed by atoms with Crippen LogP contribution in [-0.2, 0) is 16.2 Å². The van der Waals surface area contributed by atoms with E-state index in [1.165, 1.54) is 6.07 Å². The second-order valence-electron chi connectivity index (χ2n) is 6.04. The molecule has 1 aliphatic heterocycles. The minimum Gasteiger partial charge on any atom is -0.316 e. The van der Waals surface area contributed by atoms with Crippen LogP contribution < -0.4 is 10.5 Å². The van der Waals surface area contributed by atoms with Gasteiger partial charge in [-0.1, -0.05) is 30.3 Å². The number of halogens is 3. The highest BCUT2D eigenvalue weighted by Gasteiger charge is 2.36. The van der Waals surface area contributed by atoms with Crippen molar-refractivity contribution in [1.82, 2.24) is 5.32 Å². The Morgan fingerprint density at radius 2 is 1.84 bits per heavy atom. The van der Waals surface area contributed by atoms with Gasteiger partial charge in [0.2, 0.25) is 10.0 Å². The van der Waals surface area contributed by atoms with Crippen molar-refractivity contribution in [3.63, 3.8) is 0 Å². The van der Waals surface area contributed by atoms with E-state index in [0.29, 0.717) is 0 Å². The van der Waals surface area contributed by atoms with Crippen molar-refractivity contribution in [1.29, 1.82) is 0 Å².